The summed E-state index contributed by atoms with van der Waals surface area (Å²) < 4.78 is 11.0. The SMILES string of the molecule is NCCCOCc1ccc(COCCCN)cc1. The number of benzene rings is 1. The molecular weight excluding hydrogens is 228 g/mol. The lowest BCUT2D eigenvalue weighted by Gasteiger charge is -2.06. The molecule has 0 fully saturated rings. The number of rotatable bonds is 10. The Kier molecular flexibility index (Phi) is 8.42. The monoisotopic (exact) mass is 252 g/mol. The van der Waals surface area contributed by atoms with Gasteiger partial charge in [-0.1, -0.05) is 24.3 Å². The van der Waals surface area contributed by atoms with Crippen LogP contribution in [0.25, 0.3) is 0 Å². The molecule has 0 unspecified atom stereocenters. The molecule has 1 rings (SSSR count). The molecule has 0 saturated heterocycles. The Hall–Kier alpha value is -0.940. The molecule has 4 heteroatoms. The molecule has 0 heterocycles. The normalized spacial score (nSPS) is 10.8. The van der Waals surface area contributed by atoms with Gasteiger partial charge < -0.3 is 20.9 Å². The van der Waals surface area contributed by atoms with Crippen LogP contribution in [0.5, 0.6) is 0 Å². The minimum atomic E-state index is 0.647. The van der Waals surface area contributed by atoms with Crippen molar-refractivity contribution in [3.8, 4) is 0 Å². The molecule has 4 nitrogen and oxygen atoms in total. The first-order chi connectivity index (χ1) is 8.86. The highest BCUT2D eigenvalue weighted by Crippen LogP contribution is 2.07. The van der Waals surface area contributed by atoms with Crippen molar-refractivity contribution in [1.29, 1.82) is 0 Å². The van der Waals surface area contributed by atoms with Gasteiger partial charge in [0.1, 0.15) is 0 Å². The lowest BCUT2D eigenvalue weighted by atomic mass is 10.1. The second-order valence-corrected chi connectivity index (χ2v) is 4.21. The largest absolute Gasteiger partial charge is 0.377 e. The Labute approximate surface area is 109 Å². The predicted molar refractivity (Wildman–Crippen MR) is 73.1 cm³/mol. The van der Waals surface area contributed by atoms with Crippen LogP contribution in [0.4, 0.5) is 0 Å². The first-order valence-electron chi connectivity index (χ1n) is 6.50. The van der Waals surface area contributed by atoms with Gasteiger partial charge in [-0.25, -0.2) is 0 Å². The van der Waals surface area contributed by atoms with E-state index in [4.69, 9.17) is 20.9 Å². The van der Waals surface area contributed by atoms with E-state index in [1.807, 2.05) is 0 Å². The van der Waals surface area contributed by atoms with Crippen molar-refractivity contribution < 1.29 is 9.47 Å². The third kappa shape index (κ3) is 6.71. The average molecular weight is 252 g/mol. The summed E-state index contributed by atoms with van der Waals surface area (Å²) in [6.07, 6.45) is 1.82. The van der Waals surface area contributed by atoms with E-state index in [1.165, 1.54) is 11.1 Å². The van der Waals surface area contributed by atoms with Gasteiger partial charge in [0.15, 0.2) is 0 Å². The van der Waals surface area contributed by atoms with Crippen molar-refractivity contribution in [1.82, 2.24) is 0 Å². The molecule has 0 saturated carbocycles. The maximum Gasteiger partial charge on any atom is 0.0716 e. The first kappa shape index (κ1) is 15.1. The second-order valence-electron chi connectivity index (χ2n) is 4.21. The fourth-order valence-electron chi connectivity index (χ4n) is 1.48. The van der Waals surface area contributed by atoms with Crippen molar-refractivity contribution in [3.63, 3.8) is 0 Å². The minimum absolute atomic E-state index is 0.647. The van der Waals surface area contributed by atoms with Gasteiger partial charge in [0, 0.05) is 13.2 Å². The van der Waals surface area contributed by atoms with Crippen molar-refractivity contribution in [3.05, 3.63) is 35.4 Å². The van der Waals surface area contributed by atoms with Crippen molar-refractivity contribution in [2.24, 2.45) is 11.5 Å². The predicted octanol–water partition coefficient (Wildman–Crippen LogP) is 1.42. The van der Waals surface area contributed by atoms with Gasteiger partial charge >= 0.3 is 0 Å². The van der Waals surface area contributed by atoms with E-state index in [9.17, 15) is 0 Å². The van der Waals surface area contributed by atoms with Crippen LogP contribution in [0.1, 0.15) is 24.0 Å². The van der Waals surface area contributed by atoms with Crippen LogP contribution in [0.2, 0.25) is 0 Å². The molecule has 0 bridgehead atoms. The lowest BCUT2D eigenvalue weighted by Crippen LogP contribution is -2.05. The van der Waals surface area contributed by atoms with Crippen LogP contribution in [0.15, 0.2) is 24.3 Å². The first-order valence-corrected chi connectivity index (χ1v) is 6.50. The van der Waals surface area contributed by atoms with Crippen molar-refractivity contribution >= 4 is 0 Å². The third-order valence-electron chi connectivity index (χ3n) is 2.55. The summed E-state index contributed by atoms with van der Waals surface area (Å²) in [7, 11) is 0. The highest BCUT2D eigenvalue weighted by atomic mass is 16.5. The summed E-state index contributed by atoms with van der Waals surface area (Å²) >= 11 is 0. The van der Waals surface area contributed by atoms with Gasteiger partial charge in [-0.05, 0) is 37.1 Å². The summed E-state index contributed by atoms with van der Waals surface area (Å²) in [6.45, 7) is 4.10. The van der Waals surface area contributed by atoms with Crippen LogP contribution in [-0.2, 0) is 22.7 Å². The van der Waals surface area contributed by atoms with Crippen molar-refractivity contribution in [2.75, 3.05) is 26.3 Å². The zero-order valence-electron chi connectivity index (χ0n) is 10.9. The smallest absolute Gasteiger partial charge is 0.0716 e. The van der Waals surface area contributed by atoms with Gasteiger partial charge in [-0.3, -0.25) is 0 Å². The zero-order chi connectivity index (χ0) is 13.1. The molecule has 0 radical (unpaired) electrons. The van der Waals surface area contributed by atoms with E-state index in [0.29, 0.717) is 26.3 Å². The summed E-state index contributed by atoms with van der Waals surface area (Å²) in [5.41, 5.74) is 13.1. The van der Waals surface area contributed by atoms with Crippen LogP contribution < -0.4 is 11.5 Å². The molecule has 0 aromatic heterocycles. The quantitative estimate of drug-likeness (QED) is 0.618. The molecule has 4 N–H and O–H groups in total. The average Bonchev–Trinajstić information content (AvgIpc) is 2.41. The minimum Gasteiger partial charge on any atom is -0.377 e. The molecule has 0 atom stereocenters. The molecule has 1 aromatic rings. The maximum absolute atomic E-state index is 5.49. The third-order valence-corrected chi connectivity index (χ3v) is 2.55. The fraction of sp³-hybridized carbons (Fsp3) is 0.571. The molecule has 0 aliphatic heterocycles. The number of hydrogen-bond donors (Lipinski definition) is 2. The molecule has 102 valence electrons. The van der Waals surface area contributed by atoms with E-state index in [-0.39, 0.29) is 0 Å². The van der Waals surface area contributed by atoms with Crippen molar-refractivity contribution in [2.45, 2.75) is 26.1 Å². The van der Waals surface area contributed by atoms with E-state index >= 15 is 0 Å². The number of hydrogen-bond acceptors (Lipinski definition) is 4. The maximum atomic E-state index is 5.49. The van der Waals surface area contributed by atoms with Gasteiger partial charge in [-0.15, -0.1) is 0 Å². The van der Waals surface area contributed by atoms with Crippen LogP contribution in [0.3, 0.4) is 0 Å². The van der Waals surface area contributed by atoms with E-state index in [2.05, 4.69) is 24.3 Å². The van der Waals surface area contributed by atoms with E-state index in [0.717, 1.165) is 26.1 Å². The Morgan fingerprint density at radius 1 is 0.722 bits per heavy atom. The number of nitrogens with two attached hydrogens (primary N) is 2. The Morgan fingerprint density at radius 2 is 1.11 bits per heavy atom. The highest BCUT2D eigenvalue weighted by Gasteiger charge is 1.96. The lowest BCUT2D eigenvalue weighted by molar-refractivity contribution is 0.118. The Balaban J connectivity index is 2.20. The Bertz CT molecular complexity index is 270. The standard InChI is InChI=1S/C14H24N2O2/c15-7-1-9-17-11-13-3-5-14(6-4-13)12-18-10-2-8-16/h3-6H,1-2,7-12,15-16H2. The fourth-order valence-corrected chi connectivity index (χ4v) is 1.48. The second kappa shape index (κ2) is 10.0. The van der Waals surface area contributed by atoms with Crippen LogP contribution in [-0.4, -0.2) is 26.3 Å². The molecule has 0 amide bonds. The number of ether oxygens (including phenoxy) is 2. The summed E-state index contributed by atoms with van der Waals surface area (Å²) in [5.74, 6) is 0. The van der Waals surface area contributed by atoms with Gasteiger partial charge in [-0.2, -0.15) is 0 Å². The van der Waals surface area contributed by atoms with Gasteiger partial charge in [0.2, 0.25) is 0 Å². The molecule has 0 spiro atoms. The molecule has 0 aliphatic carbocycles. The van der Waals surface area contributed by atoms with E-state index in [1.54, 1.807) is 0 Å². The van der Waals surface area contributed by atoms with E-state index < -0.39 is 0 Å². The topological polar surface area (TPSA) is 70.5 Å². The Morgan fingerprint density at radius 3 is 1.44 bits per heavy atom. The van der Waals surface area contributed by atoms with Gasteiger partial charge in [0.25, 0.3) is 0 Å². The molecule has 18 heavy (non-hydrogen) atoms. The summed E-state index contributed by atoms with van der Waals surface area (Å²) in [4.78, 5) is 0. The van der Waals surface area contributed by atoms with Crippen LogP contribution >= 0.6 is 0 Å². The summed E-state index contributed by atoms with van der Waals surface area (Å²) in [6, 6.07) is 8.29. The molecule has 1 aromatic carbocycles. The molecular formula is C14H24N2O2. The van der Waals surface area contributed by atoms with Gasteiger partial charge in [0.05, 0.1) is 13.2 Å². The highest BCUT2D eigenvalue weighted by molar-refractivity contribution is 5.21. The molecule has 0 aliphatic rings. The van der Waals surface area contributed by atoms with Crippen LogP contribution in [0, 0.1) is 0 Å². The summed E-state index contributed by atoms with van der Waals surface area (Å²) in [5, 5.41) is 0. The zero-order valence-corrected chi connectivity index (χ0v) is 10.9.